The largest absolute Gasteiger partial charge is 0.366 e. The van der Waals surface area contributed by atoms with Crippen LogP contribution in [0.15, 0.2) is 60.8 Å². The zero-order valence-corrected chi connectivity index (χ0v) is 16.0. The van der Waals surface area contributed by atoms with Crippen molar-refractivity contribution in [3.63, 3.8) is 0 Å². The Kier molecular flexibility index (Phi) is 20.3. The Labute approximate surface area is 146 Å². The van der Waals surface area contributed by atoms with Gasteiger partial charge in [0.2, 0.25) is 0 Å². The van der Waals surface area contributed by atoms with Gasteiger partial charge >= 0.3 is 0 Å². The maximum Gasteiger partial charge on any atom is 0.0502 e. The van der Waals surface area contributed by atoms with Gasteiger partial charge in [-0.1, -0.05) is 67.7 Å². The van der Waals surface area contributed by atoms with E-state index in [-0.39, 0.29) is 0 Å². The molecule has 1 atom stereocenters. The van der Waals surface area contributed by atoms with E-state index in [2.05, 4.69) is 77.2 Å². The lowest BCUT2D eigenvalue weighted by Gasteiger charge is -1.94. The van der Waals surface area contributed by atoms with Gasteiger partial charge < -0.3 is 4.52 Å². The molecule has 0 radical (unpaired) electrons. The van der Waals surface area contributed by atoms with E-state index in [9.17, 15) is 0 Å². The van der Waals surface area contributed by atoms with Crippen LogP contribution in [-0.4, -0.2) is 6.61 Å². The van der Waals surface area contributed by atoms with Crippen LogP contribution in [0, 0.1) is 0 Å². The maximum absolute atomic E-state index is 4.95. The average Bonchev–Trinajstić information content (AvgIpc) is 2.57. The fourth-order valence-electron chi connectivity index (χ4n) is 1.97. The van der Waals surface area contributed by atoms with Crippen molar-refractivity contribution < 1.29 is 4.52 Å². The van der Waals surface area contributed by atoms with E-state index in [4.69, 9.17) is 4.52 Å². The SMILES string of the molecule is CC/C=C\C/C=C\C/C=C\C/C=C\CC/C=C/CCCCOP. The summed E-state index contributed by atoms with van der Waals surface area (Å²) >= 11 is 0. The quantitative estimate of drug-likeness (QED) is 0.176. The summed E-state index contributed by atoms with van der Waals surface area (Å²) in [7, 11) is 2.30. The third-order valence-electron chi connectivity index (χ3n) is 3.27. The van der Waals surface area contributed by atoms with Crippen LogP contribution >= 0.6 is 9.47 Å². The Hall–Kier alpha value is -0.910. The van der Waals surface area contributed by atoms with Crippen LogP contribution < -0.4 is 0 Å². The van der Waals surface area contributed by atoms with Crippen LogP contribution in [0.4, 0.5) is 0 Å². The molecule has 0 bridgehead atoms. The lowest BCUT2D eigenvalue weighted by Crippen LogP contribution is -1.82. The molecule has 0 aromatic carbocycles. The summed E-state index contributed by atoms with van der Waals surface area (Å²) in [4.78, 5) is 0. The molecule has 0 aliphatic carbocycles. The van der Waals surface area contributed by atoms with Crippen molar-refractivity contribution in [2.75, 3.05) is 6.61 Å². The summed E-state index contributed by atoms with van der Waals surface area (Å²) in [5.41, 5.74) is 0. The second kappa shape index (κ2) is 21.1. The fraction of sp³-hybridized carbons (Fsp3) is 0.524. The predicted octanol–water partition coefficient (Wildman–Crippen LogP) is 7.10. The first-order valence-electron chi connectivity index (χ1n) is 8.98. The van der Waals surface area contributed by atoms with Gasteiger partial charge in [-0.15, -0.1) is 0 Å². The number of allylic oxidation sites excluding steroid dienone is 10. The topological polar surface area (TPSA) is 9.23 Å². The van der Waals surface area contributed by atoms with E-state index in [1.165, 1.54) is 12.8 Å². The molecule has 0 aromatic rings. The highest BCUT2D eigenvalue weighted by Gasteiger charge is 1.84. The maximum atomic E-state index is 4.95. The van der Waals surface area contributed by atoms with Gasteiger partial charge in [0.25, 0.3) is 0 Å². The molecule has 1 unspecified atom stereocenters. The predicted molar refractivity (Wildman–Crippen MR) is 109 cm³/mol. The third-order valence-corrected chi connectivity index (χ3v) is 3.50. The number of unbranched alkanes of at least 4 members (excludes halogenated alkanes) is 3. The smallest absolute Gasteiger partial charge is 0.0502 e. The summed E-state index contributed by atoms with van der Waals surface area (Å²) in [5.74, 6) is 0. The third kappa shape index (κ3) is 21.1. The Bertz CT molecular complexity index is 364. The van der Waals surface area contributed by atoms with Gasteiger partial charge in [0, 0.05) is 9.47 Å². The van der Waals surface area contributed by atoms with E-state index < -0.39 is 0 Å². The molecule has 2 heteroatoms. The molecule has 0 saturated heterocycles. The molecule has 0 rings (SSSR count). The Balaban J connectivity index is 3.38. The summed E-state index contributed by atoms with van der Waals surface area (Å²) in [6.45, 7) is 3.01. The first kappa shape index (κ1) is 22.1. The van der Waals surface area contributed by atoms with Crippen LogP contribution in [0.5, 0.6) is 0 Å². The lowest BCUT2D eigenvalue weighted by atomic mass is 10.2. The lowest BCUT2D eigenvalue weighted by molar-refractivity contribution is 0.358. The summed E-state index contributed by atoms with van der Waals surface area (Å²) < 4.78 is 4.95. The molecular formula is C21H35OP. The van der Waals surface area contributed by atoms with Gasteiger partial charge in [-0.2, -0.15) is 0 Å². The standard InChI is InChI=1S/C21H35OP/c1-2-3-4-5-6-7-8-9-10-11-12-13-14-15-16-17-18-19-20-21-22-23/h3-4,6-7,9-10,12-13,16-17H,2,5,8,11,14-15,18-21,23H2,1H3/b4-3-,7-6-,10-9-,13-12-,17-16+. The number of hydrogen-bond acceptors (Lipinski definition) is 1. The summed E-state index contributed by atoms with van der Waals surface area (Å²) in [5, 5.41) is 0. The molecular weight excluding hydrogens is 299 g/mol. The summed E-state index contributed by atoms with van der Waals surface area (Å²) in [6, 6.07) is 0. The van der Waals surface area contributed by atoms with Gasteiger partial charge in [0.15, 0.2) is 0 Å². The highest BCUT2D eigenvalue weighted by atomic mass is 31.0. The zero-order valence-electron chi connectivity index (χ0n) is 14.8. The number of hydrogen-bond donors (Lipinski definition) is 0. The molecule has 0 N–H and O–H groups in total. The summed E-state index contributed by atoms with van der Waals surface area (Å²) in [6.07, 6.45) is 32.6. The molecule has 0 aliphatic heterocycles. The van der Waals surface area contributed by atoms with Crippen molar-refractivity contribution in [1.82, 2.24) is 0 Å². The van der Waals surface area contributed by atoms with E-state index in [1.54, 1.807) is 0 Å². The minimum atomic E-state index is 0.848. The second-order valence-corrected chi connectivity index (χ2v) is 5.75. The molecule has 0 aromatic heterocycles. The van der Waals surface area contributed by atoms with Crippen LogP contribution in [0.25, 0.3) is 0 Å². The van der Waals surface area contributed by atoms with Gasteiger partial charge in [-0.05, 0) is 57.8 Å². The highest BCUT2D eigenvalue weighted by molar-refractivity contribution is 7.09. The van der Waals surface area contributed by atoms with Crippen LogP contribution in [-0.2, 0) is 4.52 Å². The van der Waals surface area contributed by atoms with E-state index in [0.717, 1.165) is 51.6 Å². The Morgan fingerprint density at radius 2 is 1.09 bits per heavy atom. The van der Waals surface area contributed by atoms with Crippen molar-refractivity contribution in [2.24, 2.45) is 0 Å². The molecule has 1 nitrogen and oxygen atoms in total. The van der Waals surface area contributed by atoms with Gasteiger partial charge in [-0.25, -0.2) is 0 Å². The Morgan fingerprint density at radius 3 is 1.65 bits per heavy atom. The van der Waals surface area contributed by atoms with Gasteiger partial charge in [0.1, 0.15) is 0 Å². The van der Waals surface area contributed by atoms with Crippen LogP contribution in [0.1, 0.15) is 64.7 Å². The van der Waals surface area contributed by atoms with Crippen molar-refractivity contribution in [3.8, 4) is 0 Å². The first-order chi connectivity index (χ1) is 11.4. The highest BCUT2D eigenvalue weighted by Crippen LogP contribution is 2.01. The molecule has 0 aliphatic rings. The molecule has 0 fully saturated rings. The monoisotopic (exact) mass is 334 g/mol. The van der Waals surface area contributed by atoms with Crippen molar-refractivity contribution in [3.05, 3.63) is 60.8 Å². The Morgan fingerprint density at radius 1 is 0.609 bits per heavy atom. The van der Waals surface area contributed by atoms with E-state index >= 15 is 0 Å². The minimum absolute atomic E-state index is 0.848. The van der Waals surface area contributed by atoms with Crippen molar-refractivity contribution >= 4 is 9.47 Å². The van der Waals surface area contributed by atoms with Crippen molar-refractivity contribution in [2.45, 2.75) is 64.7 Å². The second-order valence-electron chi connectivity index (χ2n) is 5.42. The number of rotatable bonds is 15. The normalized spacial score (nSPS) is 13.0. The molecule has 0 heterocycles. The molecule has 23 heavy (non-hydrogen) atoms. The first-order valence-corrected chi connectivity index (χ1v) is 9.45. The molecule has 0 spiro atoms. The average molecular weight is 334 g/mol. The minimum Gasteiger partial charge on any atom is -0.366 e. The molecule has 130 valence electrons. The van der Waals surface area contributed by atoms with Crippen molar-refractivity contribution in [1.29, 1.82) is 0 Å². The molecule has 0 saturated carbocycles. The van der Waals surface area contributed by atoms with Gasteiger partial charge in [0.05, 0.1) is 6.61 Å². The fourth-order valence-corrected chi connectivity index (χ4v) is 2.14. The molecule has 0 amide bonds. The van der Waals surface area contributed by atoms with Gasteiger partial charge in [-0.3, -0.25) is 0 Å². The van der Waals surface area contributed by atoms with Crippen LogP contribution in [0.3, 0.4) is 0 Å². The van der Waals surface area contributed by atoms with Crippen LogP contribution in [0.2, 0.25) is 0 Å². The van der Waals surface area contributed by atoms with E-state index in [1.807, 2.05) is 0 Å². The zero-order chi connectivity index (χ0) is 16.8. The van der Waals surface area contributed by atoms with E-state index in [0.29, 0.717) is 0 Å².